The molecule has 4 rings (SSSR count). The maximum Gasteiger partial charge on any atom is 0.333 e. The highest BCUT2D eigenvalue weighted by Gasteiger charge is 2.27. The molecule has 1 N–H and O–H groups in total. The monoisotopic (exact) mass is 501 g/mol. The third-order valence-corrected chi connectivity index (χ3v) is 7.31. The largest absolute Gasteiger partial charge is 0.492 e. The molecule has 2 atom stereocenters. The predicted octanol–water partition coefficient (Wildman–Crippen LogP) is 5.79. The second-order valence-electron chi connectivity index (χ2n) is 9.95. The average molecular weight is 502 g/mol. The van der Waals surface area contributed by atoms with Crippen LogP contribution in [0.15, 0.2) is 60.7 Å². The van der Waals surface area contributed by atoms with Gasteiger partial charge in [0.1, 0.15) is 12.4 Å². The molecule has 0 fully saturated rings. The van der Waals surface area contributed by atoms with Gasteiger partial charge in [-0.05, 0) is 85.7 Å². The van der Waals surface area contributed by atoms with E-state index in [1.54, 1.807) is 6.92 Å². The average Bonchev–Trinajstić information content (AvgIpc) is 3.05. The topological polar surface area (TPSA) is 59.0 Å². The highest BCUT2D eigenvalue weighted by molar-refractivity contribution is 5.72. The lowest BCUT2D eigenvalue weighted by molar-refractivity contribution is -0.149. The normalized spacial score (nSPS) is 15.5. The summed E-state index contributed by atoms with van der Waals surface area (Å²) in [6.45, 7) is 7.91. The Kier molecular flexibility index (Phi) is 9.01. The molecular weight excluding hydrogens is 462 g/mol. The van der Waals surface area contributed by atoms with Crippen LogP contribution in [0, 0.1) is 6.92 Å². The highest BCUT2D eigenvalue weighted by atomic mass is 16.5. The van der Waals surface area contributed by atoms with E-state index < -0.39 is 12.1 Å². The van der Waals surface area contributed by atoms with E-state index in [-0.39, 0.29) is 6.04 Å². The molecule has 0 saturated heterocycles. The first-order valence-corrected chi connectivity index (χ1v) is 13.4. The fourth-order valence-corrected chi connectivity index (χ4v) is 5.28. The minimum atomic E-state index is -0.937. The molecule has 5 heteroatoms. The summed E-state index contributed by atoms with van der Waals surface area (Å²) in [7, 11) is 2.18. The molecule has 5 nitrogen and oxygen atoms in total. The molecule has 3 aromatic rings. The van der Waals surface area contributed by atoms with Gasteiger partial charge in [-0.25, -0.2) is 4.79 Å². The standard InChI is InChI=1S/C32H39NO4/c1-5-23-10-16-29-26(20-23)12-11-25-19-22(3)7-15-28(25)31(29)33(4)17-18-37-27-13-8-24(9-14-27)21-30(32(34)35)36-6-2/h7-10,13-16,19-20,30-31H,5-6,11-12,17-18,21H2,1-4H3,(H,34,35). The number of rotatable bonds is 11. The number of carbonyl (C=O) groups is 1. The first kappa shape index (κ1) is 26.9. The van der Waals surface area contributed by atoms with Gasteiger partial charge in [-0.2, -0.15) is 0 Å². The summed E-state index contributed by atoms with van der Waals surface area (Å²) in [4.78, 5) is 13.8. The number of benzene rings is 3. The van der Waals surface area contributed by atoms with Crippen LogP contribution in [0.4, 0.5) is 0 Å². The minimum Gasteiger partial charge on any atom is -0.492 e. The van der Waals surface area contributed by atoms with Crippen LogP contribution in [0.1, 0.15) is 58.8 Å². The van der Waals surface area contributed by atoms with E-state index in [0.29, 0.717) is 19.6 Å². The van der Waals surface area contributed by atoms with E-state index in [1.165, 1.54) is 33.4 Å². The number of fused-ring (bicyclic) bond motifs is 2. The molecule has 0 amide bonds. The molecule has 37 heavy (non-hydrogen) atoms. The quantitative estimate of drug-likeness (QED) is 0.360. The highest BCUT2D eigenvalue weighted by Crippen LogP contribution is 2.37. The second kappa shape index (κ2) is 12.4. The van der Waals surface area contributed by atoms with Crippen molar-refractivity contribution in [1.29, 1.82) is 0 Å². The number of carboxylic acid groups (broad SMARTS) is 1. The molecule has 0 radical (unpaired) electrons. The summed E-state index contributed by atoms with van der Waals surface area (Å²) in [5.74, 6) is -0.154. The Morgan fingerprint density at radius 3 is 2.27 bits per heavy atom. The molecule has 196 valence electrons. The number of carboxylic acids is 1. The maximum atomic E-state index is 11.4. The van der Waals surface area contributed by atoms with Crippen LogP contribution >= 0.6 is 0 Å². The van der Waals surface area contributed by atoms with Crippen molar-refractivity contribution in [3.05, 3.63) is 99.6 Å². The van der Waals surface area contributed by atoms with Gasteiger partial charge in [0.05, 0.1) is 6.04 Å². The van der Waals surface area contributed by atoms with Crippen molar-refractivity contribution >= 4 is 5.97 Å². The SMILES string of the molecule is CCOC(Cc1ccc(OCCN(C)C2c3ccc(C)cc3CCc3cc(CC)ccc32)cc1)C(=O)O. The predicted molar refractivity (Wildman–Crippen MR) is 148 cm³/mol. The number of hydrogen-bond acceptors (Lipinski definition) is 4. The van der Waals surface area contributed by atoms with Crippen LogP contribution in [0.25, 0.3) is 0 Å². The van der Waals surface area contributed by atoms with Gasteiger partial charge >= 0.3 is 5.97 Å². The molecule has 0 saturated carbocycles. The van der Waals surface area contributed by atoms with Crippen LogP contribution in [-0.2, 0) is 35.2 Å². The van der Waals surface area contributed by atoms with Crippen molar-refractivity contribution in [2.75, 3.05) is 26.8 Å². The van der Waals surface area contributed by atoms with Gasteiger partial charge in [-0.1, -0.05) is 61.0 Å². The molecule has 2 unspecified atom stereocenters. The molecule has 0 aromatic heterocycles. The summed E-state index contributed by atoms with van der Waals surface area (Å²) >= 11 is 0. The number of aryl methyl sites for hydroxylation is 4. The number of ether oxygens (including phenoxy) is 2. The Hall–Kier alpha value is -3.15. The Morgan fingerprint density at radius 2 is 1.62 bits per heavy atom. The van der Waals surface area contributed by atoms with Crippen LogP contribution in [0.5, 0.6) is 5.75 Å². The van der Waals surface area contributed by atoms with Crippen molar-refractivity contribution in [1.82, 2.24) is 4.90 Å². The number of nitrogens with zero attached hydrogens (tertiary/aromatic N) is 1. The molecule has 3 aromatic carbocycles. The van der Waals surface area contributed by atoms with Gasteiger partial charge in [0.15, 0.2) is 6.10 Å². The lowest BCUT2D eigenvalue weighted by Gasteiger charge is -2.30. The van der Waals surface area contributed by atoms with Gasteiger partial charge in [0, 0.05) is 19.6 Å². The maximum absolute atomic E-state index is 11.4. The molecule has 0 aliphatic heterocycles. The Labute approximate surface area is 221 Å². The Morgan fingerprint density at radius 1 is 0.973 bits per heavy atom. The zero-order chi connectivity index (χ0) is 26.4. The third kappa shape index (κ3) is 6.60. The smallest absolute Gasteiger partial charge is 0.333 e. The lowest BCUT2D eigenvalue weighted by Crippen LogP contribution is -2.30. The molecule has 0 bridgehead atoms. The Balaban J connectivity index is 1.45. The fourth-order valence-electron chi connectivity index (χ4n) is 5.28. The number of hydrogen-bond donors (Lipinski definition) is 1. The van der Waals surface area contributed by atoms with Crippen LogP contribution in [0.3, 0.4) is 0 Å². The van der Waals surface area contributed by atoms with E-state index in [9.17, 15) is 9.90 Å². The molecule has 0 heterocycles. The summed E-state index contributed by atoms with van der Waals surface area (Å²) in [6.07, 6.45) is 2.70. The third-order valence-electron chi connectivity index (χ3n) is 7.31. The number of likely N-dealkylation sites (N-methyl/N-ethyl adjacent to an activating group) is 1. The molecule has 0 spiro atoms. The van der Waals surface area contributed by atoms with E-state index >= 15 is 0 Å². The van der Waals surface area contributed by atoms with Crippen molar-refractivity contribution in [3.8, 4) is 5.75 Å². The first-order chi connectivity index (χ1) is 17.9. The second-order valence-corrected chi connectivity index (χ2v) is 9.95. The van der Waals surface area contributed by atoms with Gasteiger partial charge in [-0.3, -0.25) is 4.90 Å². The summed E-state index contributed by atoms with van der Waals surface area (Å²) in [5.41, 5.74) is 9.30. The first-order valence-electron chi connectivity index (χ1n) is 13.4. The van der Waals surface area contributed by atoms with E-state index in [0.717, 1.165) is 37.1 Å². The van der Waals surface area contributed by atoms with Crippen LogP contribution < -0.4 is 4.74 Å². The fraction of sp³-hybridized carbons (Fsp3) is 0.406. The van der Waals surface area contributed by atoms with E-state index in [2.05, 4.69) is 62.2 Å². The lowest BCUT2D eigenvalue weighted by atomic mass is 9.91. The zero-order valence-corrected chi connectivity index (χ0v) is 22.5. The zero-order valence-electron chi connectivity index (χ0n) is 22.5. The minimum absolute atomic E-state index is 0.191. The Bertz CT molecular complexity index is 1200. The van der Waals surface area contributed by atoms with Gasteiger partial charge in [0.25, 0.3) is 0 Å². The van der Waals surface area contributed by atoms with Gasteiger partial charge < -0.3 is 14.6 Å². The van der Waals surface area contributed by atoms with E-state index in [4.69, 9.17) is 9.47 Å². The number of aliphatic carboxylic acids is 1. The van der Waals surface area contributed by atoms with Crippen LogP contribution in [0.2, 0.25) is 0 Å². The van der Waals surface area contributed by atoms with Crippen molar-refractivity contribution in [2.24, 2.45) is 0 Å². The summed E-state index contributed by atoms with van der Waals surface area (Å²) in [6, 6.07) is 21.7. The summed E-state index contributed by atoms with van der Waals surface area (Å²) in [5, 5.41) is 9.32. The molecular formula is C32H39NO4. The van der Waals surface area contributed by atoms with Crippen molar-refractivity contribution in [3.63, 3.8) is 0 Å². The van der Waals surface area contributed by atoms with Crippen molar-refractivity contribution in [2.45, 2.75) is 58.6 Å². The summed E-state index contributed by atoms with van der Waals surface area (Å²) < 4.78 is 11.4. The van der Waals surface area contributed by atoms with Gasteiger partial charge in [-0.15, -0.1) is 0 Å². The van der Waals surface area contributed by atoms with Gasteiger partial charge in [0.2, 0.25) is 0 Å². The molecule has 1 aliphatic carbocycles. The van der Waals surface area contributed by atoms with Crippen molar-refractivity contribution < 1.29 is 19.4 Å². The van der Waals surface area contributed by atoms with Crippen LogP contribution in [-0.4, -0.2) is 48.9 Å². The van der Waals surface area contributed by atoms with E-state index in [1.807, 2.05) is 24.3 Å². The molecule has 1 aliphatic rings.